The molecule has 92 valence electrons. The molecule has 1 saturated heterocycles. The molecular formula is C12H18N4O. The van der Waals surface area contributed by atoms with E-state index < -0.39 is 0 Å². The third-order valence-electron chi connectivity index (χ3n) is 3.31. The lowest BCUT2D eigenvalue weighted by Crippen LogP contribution is -2.28. The standard InChI is InChI=1S/C12H18N4O/c1-9-4-3-7-16(9)8-10-5-2-6-14-11(10)12(13)15-17/h2,5-6,9,17H,3-4,7-8H2,1H3,(H2,13,15). The number of oxime groups is 1. The molecule has 0 amide bonds. The van der Waals surface area contributed by atoms with Crippen molar-refractivity contribution < 1.29 is 5.21 Å². The second-order valence-electron chi connectivity index (χ2n) is 4.46. The molecule has 0 saturated carbocycles. The van der Waals surface area contributed by atoms with Gasteiger partial charge in [-0.15, -0.1) is 0 Å². The van der Waals surface area contributed by atoms with E-state index in [-0.39, 0.29) is 5.84 Å². The van der Waals surface area contributed by atoms with E-state index in [2.05, 4.69) is 22.0 Å². The molecule has 3 N–H and O–H groups in total. The molecule has 1 unspecified atom stereocenters. The van der Waals surface area contributed by atoms with E-state index in [0.717, 1.165) is 18.7 Å². The minimum atomic E-state index is 0.0763. The first-order valence-corrected chi connectivity index (χ1v) is 5.88. The molecule has 5 nitrogen and oxygen atoms in total. The average Bonchev–Trinajstić information content (AvgIpc) is 2.75. The fourth-order valence-corrected chi connectivity index (χ4v) is 2.29. The van der Waals surface area contributed by atoms with Crippen LogP contribution < -0.4 is 5.73 Å². The maximum absolute atomic E-state index is 8.73. The first kappa shape index (κ1) is 11.9. The molecule has 0 spiro atoms. The first-order chi connectivity index (χ1) is 8.22. The zero-order valence-electron chi connectivity index (χ0n) is 10.0. The molecule has 1 aliphatic rings. The summed E-state index contributed by atoms with van der Waals surface area (Å²) in [6, 6.07) is 4.45. The monoisotopic (exact) mass is 234 g/mol. The zero-order chi connectivity index (χ0) is 12.3. The Hall–Kier alpha value is -1.62. The van der Waals surface area contributed by atoms with Gasteiger partial charge in [-0.1, -0.05) is 11.2 Å². The Labute approximate surface area is 101 Å². The van der Waals surface area contributed by atoms with Gasteiger partial charge in [0.25, 0.3) is 0 Å². The van der Waals surface area contributed by atoms with Crippen LogP contribution in [0.1, 0.15) is 31.0 Å². The number of amidine groups is 1. The van der Waals surface area contributed by atoms with Gasteiger partial charge < -0.3 is 10.9 Å². The molecule has 2 rings (SSSR count). The highest BCUT2D eigenvalue weighted by molar-refractivity contribution is 5.96. The SMILES string of the molecule is CC1CCCN1Cc1cccnc1C(N)=NO. The van der Waals surface area contributed by atoms with Crippen molar-refractivity contribution in [2.75, 3.05) is 6.54 Å². The molecule has 0 bridgehead atoms. The maximum atomic E-state index is 8.73. The van der Waals surface area contributed by atoms with Crippen molar-refractivity contribution in [2.24, 2.45) is 10.9 Å². The molecule has 1 aromatic heterocycles. The predicted octanol–water partition coefficient (Wildman–Crippen LogP) is 1.16. The molecule has 0 aromatic carbocycles. The van der Waals surface area contributed by atoms with Gasteiger partial charge >= 0.3 is 0 Å². The minimum Gasteiger partial charge on any atom is -0.409 e. The Morgan fingerprint density at radius 1 is 1.71 bits per heavy atom. The minimum absolute atomic E-state index is 0.0763. The summed E-state index contributed by atoms with van der Waals surface area (Å²) < 4.78 is 0. The average molecular weight is 234 g/mol. The summed E-state index contributed by atoms with van der Waals surface area (Å²) in [4.78, 5) is 6.57. The lowest BCUT2D eigenvalue weighted by atomic mass is 10.1. The third-order valence-corrected chi connectivity index (χ3v) is 3.31. The van der Waals surface area contributed by atoms with E-state index in [9.17, 15) is 0 Å². The van der Waals surface area contributed by atoms with Crippen molar-refractivity contribution in [3.8, 4) is 0 Å². The number of rotatable bonds is 3. The van der Waals surface area contributed by atoms with Gasteiger partial charge in [0, 0.05) is 18.8 Å². The highest BCUT2D eigenvalue weighted by atomic mass is 16.4. The third kappa shape index (κ3) is 2.55. The molecule has 1 fully saturated rings. The smallest absolute Gasteiger partial charge is 0.189 e. The van der Waals surface area contributed by atoms with Crippen LogP contribution in [-0.2, 0) is 6.54 Å². The lowest BCUT2D eigenvalue weighted by Gasteiger charge is -2.21. The van der Waals surface area contributed by atoms with Gasteiger partial charge in [0.2, 0.25) is 0 Å². The second kappa shape index (κ2) is 5.14. The van der Waals surface area contributed by atoms with Gasteiger partial charge in [-0.2, -0.15) is 0 Å². The molecule has 1 aliphatic heterocycles. The number of hydrogen-bond acceptors (Lipinski definition) is 4. The van der Waals surface area contributed by atoms with Crippen molar-refractivity contribution in [3.05, 3.63) is 29.6 Å². The van der Waals surface area contributed by atoms with Crippen LogP contribution in [-0.4, -0.2) is 33.5 Å². The molecular weight excluding hydrogens is 216 g/mol. The number of nitrogens with two attached hydrogens (primary N) is 1. The van der Waals surface area contributed by atoms with Gasteiger partial charge in [-0.3, -0.25) is 9.88 Å². The molecule has 0 radical (unpaired) electrons. The Kier molecular flexibility index (Phi) is 3.58. The normalized spacial score (nSPS) is 21.9. The van der Waals surface area contributed by atoms with Crippen molar-refractivity contribution in [2.45, 2.75) is 32.4 Å². The van der Waals surface area contributed by atoms with Crippen LogP contribution in [0.3, 0.4) is 0 Å². The van der Waals surface area contributed by atoms with Crippen LogP contribution in [0.5, 0.6) is 0 Å². The van der Waals surface area contributed by atoms with Crippen LogP contribution in [0.2, 0.25) is 0 Å². The van der Waals surface area contributed by atoms with Crippen LogP contribution in [0.4, 0.5) is 0 Å². The Balaban J connectivity index is 2.20. The van der Waals surface area contributed by atoms with Crippen LogP contribution in [0, 0.1) is 0 Å². The number of nitrogens with zero attached hydrogens (tertiary/aromatic N) is 3. The number of aromatic nitrogens is 1. The predicted molar refractivity (Wildman–Crippen MR) is 65.9 cm³/mol. The Bertz CT molecular complexity index is 419. The van der Waals surface area contributed by atoms with Crippen molar-refractivity contribution >= 4 is 5.84 Å². The quantitative estimate of drug-likeness (QED) is 0.356. The highest BCUT2D eigenvalue weighted by Gasteiger charge is 2.21. The highest BCUT2D eigenvalue weighted by Crippen LogP contribution is 2.20. The Morgan fingerprint density at radius 2 is 2.53 bits per heavy atom. The van der Waals surface area contributed by atoms with Gasteiger partial charge in [0.1, 0.15) is 5.69 Å². The molecule has 1 aromatic rings. The fraction of sp³-hybridized carbons (Fsp3) is 0.500. The fourth-order valence-electron chi connectivity index (χ4n) is 2.29. The van der Waals surface area contributed by atoms with Crippen LogP contribution >= 0.6 is 0 Å². The van der Waals surface area contributed by atoms with E-state index >= 15 is 0 Å². The van der Waals surface area contributed by atoms with E-state index in [4.69, 9.17) is 10.9 Å². The van der Waals surface area contributed by atoms with Crippen molar-refractivity contribution in [1.82, 2.24) is 9.88 Å². The maximum Gasteiger partial charge on any atom is 0.189 e. The summed E-state index contributed by atoms with van der Waals surface area (Å²) in [5, 5.41) is 11.8. The van der Waals surface area contributed by atoms with Gasteiger partial charge in [0.15, 0.2) is 5.84 Å². The Morgan fingerprint density at radius 3 is 3.18 bits per heavy atom. The van der Waals surface area contributed by atoms with Crippen LogP contribution in [0.15, 0.2) is 23.5 Å². The largest absolute Gasteiger partial charge is 0.409 e. The topological polar surface area (TPSA) is 74.7 Å². The molecule has 17 heavy (non-hydrogen) atoms. The molecule has 5 heteroatoms. The summed E-state index contributed by atoms with van der Waals surface area (Å²) in [6.07, 6.45) is 4.13. The van der Waals surface area contributed by atoms with E-state index in [1.165, 1.54) is 12.8 Å². The molecule has 0 aliphatic carbocycles. The number of likely N-dealkylation sites (tertiary alicyclic amines) is 1. The van der Waals surface area contributed by atoms with Crippen molar-refractivity contribution in [3.63, 3.8) is 0 Å². The summed E-state index contributed by atoms with van der Waals surface area (Å²) in [7, 11) is 0. The molecule has 2 heterocycles. The van der Waals surface area contributed by atoms with Crippen molar-refractivity contribution in [1.29, 1.82) is 0 Å². The summed E-state index contributed by atoms with van der Waals surface area (Å²) in [5.74, 6) is 0.0763. The lowest BCUT2D eigenvalue weighted by molar-refractivity contribution is 0.260. The van der Waals surface area contributed by atoms with E-state index in [0.29, 0.717) is 11.7 Å². The number of pyridine rings is 1. The summed E-state index contributed by atoms with van der Waals surface area (Å²) in [6.45, 7) is 4.14. The zero-order valence-corrected chi connectivity index (χ0v) is 10.0. The van der Waals surface area contributed by atoms with Gasteiger partial charge in [-0.05, 0) is 37.9 Å². The van der Waals surface area contributed by atoms with E-state index in [1.807, 2.05) is 12.1 Å². The summed E-state index contributed by atoms with van der Waals surface area (Å²) in [5.41, 5.74) is 7.21. The van der Waals surface area contributed by atoms with Crippen LogP contribution in [0.25, 0.3) is 0 Å². The van der Waals surface area contributed by atoms with Gasteiger partial charge in [-0.25, -0.2) is 0 Å². The molecule has 1 atom stereocenters. The first-order valence-electron chi connectivity index (χ1n) is 5.88. The van der Waals surface area contributed by atoms with Gasteiger partial charge in [0.05, 0.1) is 0 Å². The second-order valence-corrected chi connectivity index (χ2v) is 4.46. The van der Waals surface area contributed by atoms with E-state index in [1.54, 1.807) is 6.20 Å². The summed E-state index contributed by atoms with van der Waals surface area (Å²) >= 11 is 0. The number of hydrogen-bond donors (Lipinski definition) is 2.